The molecule has 2 aromatic carbocycles. The van der Waals surface area contributed by atoms with Crippen LogP contribution < -0.4 is 10.6 Å². The maximum Gasteiger partial charge on any atom is 0.410 e. The Morgan fingerprint density at radius 2 is 1.69 bits per heavy atom. The maximum absolute atomic E-state index is 12.3. The van der Waals surface area contributed by atoms with Crippen molar-refractivity contribution in [2.75, 3.05) is 49.9 Å². The Hall–Kier alpha value is -4.68. The molecule has 1 saturated heterocycles. The van der Waals surface area contributed by atoms with E-state index >= 15 is 0 Å². The number of nitrogens with zero attached hydrogens (tertiary/aromatic N) is 5. The molecule has 1 aliphatic rings. The van der Waals surface area contributed by atoms with Crippen molar-refractivity contribution in [3.8, 4) is 6.07 Å². The molecule has 216 valence electrons. The van der Waals surface area contributed by atoms with Crippen LogP contribution in [0.3, 0.4) is 0 Å². The number of benzene rings is 2. The fourth-order valence-electron chi connectivity index (χ4n) is 4.92. The molecule has 42 heavy (non-hydrogen) atoms. The summed E-state index contributed by atoms with van der Waals surface area (Å²) < 4.78 is 5.49. The van der Waals surface area contributed by atoms with Crippen LogP contribution in [0, 0.1) is 11.3 Å². The number of fused-ring (bicyclic) bond motifs is 1. The van der Waals surface area contributed by atoms with Crippen molar-refractivity contribution in [3.05, 3.63) is 89.7 Å². The van der Waals surface area contributed by atoms with Crippen molar-refractivity contribution in [1.29, 1.82) is 5.26 Å². The Labute approximate surface area is 247 Å². The van der Waals surface area contributed by atoms with E-state index in [2.05, 4.69) is 68.0 Å². The highest BCUT2D eigenvalue weighted by molar-refractivity contribution is 5.96. The van der Waals surface area contributed by atoms with Gasteiger partial charge in [-0.05, 0) is 56.5 Å². The van der Waals surface area contributed by atoms with Gasteiger partial charge in [-0.15, -0.1) is 0 Å². The van der Waals surface area contributed by atoms with E-state index in [4.69, 9.17) is 4.74 Å². The Kier molecular flexibility index (Phi) is 8.84. The molecule has 2 N–H and O–H groups in total. The summed E-state index contributed by atoms with van der Waals surface area (Å²) in [6.45, 7) is 10.0. The summed E-state index contributed by atoms with van der Waals surface area (Å²) in [6, 6.07) is 22.9. The van der Waals surface area contributed by atoms with E-state index in [1.807, 2.05) is 45.0 Å². The largest absolute Gasteiger partial charge is 0.444 e. The SMILES string of the molecule is CC(C)(C)OC(=O)N1CCN(CCNc2cc3c(Nc4ccc(Cc5ccccc5)cc4)c(C#N)cnc3cn2)CC1. The van der Waals surface area contributed by atoms with Crippen LogP contribution in [0.4, 0.5) is 22.0 Å². The molecule has 3 heterocycles. The molecule has 4 aromatic rings. The fourth-order valence-corrected chi connectivity index (χ4v) is 4.92. The third-order valence-corrected chi connectivity index (χ3v) is 7.11. The summed E-state index contributed by atoms with van der Waals surface area (Å²) in [5, 5.41) is 17.5. The number of carbonyl (C=O) groups excluding carboxylic acids is 1. The average molecular weight is 564 g/mol. The summed E-state index contributed by atoms with van der Waals surface area (Å²) >= 11 is 0. The zero-order chi connectivity index (χ0) is 29.5. The molecule has 5 rings (SSSR count). The molecule has 9 nitrogen and oxygen atoms in total. The lowest BCUT2D eigenvalue weighted by Crippen LogP contribution is -2.50. The topological polar surface area (TPSA) is 106 Å². The van der Waals surface area contributed by atoms with E-state index in [-0.39, 0.29) is 6.09 Å². The van der Waals surface area contributed by atoms with Gasteiger partial charge in [-0.2, -0.15) is 5.26 Å². The van der Waals surface area contributed by atoms with Gasteiger partial charge >= 0.3 is 6.09 Å². The van der Waals surface area contributed by atoms with Crippen molar-refractivity contribution in [1.82, 2.24) is 19.8 Å². The lowest BCUT2D eigenvalue weighted by molar-refractivity contribution is 0.0148. The summed E-state index contributed by atoms with van der Waals surface area (Å²) in [6.07, 6.45) is 3.92. The van der Waals surface area contributed by atoms with Crippen LogP contribution in [0.2, 0.25) is 0 Å². The Morgan fingerprint density at radius 1 is 0.976 bits per heavy atom. The van der Waals surface area contributed by atoms with E-state index in [9.17, 15) is 10.1 Å². The van der Waals surface area contributed by atoms with Gasteiger partial charge in [0, 0.05) is 56.5 Å². The summed E-state index contributed by atoms with van der Waals surface area (Å²) in [5.74, 6) is 0.716. The predicted octanol–water partition coefficient (Wildman–Crippen LogP) is 5.80. The number of hydrogen-bond donors (Lipinski definition) is 2. The Bertz CT molecular complexity index is 1550. The number of piperazine rings is 1. The third kappa shape index (κ3) is 7.53. The van der Waals surface area contributed by atoms with Gasteiger partial charge in [0.25, 0.3) is 0 Å². The molecular weight excluding hydrogens is 526 g/mol. The number of nitrogens with one attached hydrogen (secondary N) is 2. The third-order valence-electron chi connectivity index (χ3n) is 7.11. The highest BCUT2D eigenvalue weighted by atomic mass is 16.6. The van der Waals surface area contributed by atoms with E-state index in [1.165, 1.54) is 11.1 Å². The number of carbonyl (C=O) groups is 1. The minimum absolute atomic E-state index is 0.251. The van der Waals surface area contributed by atoms with Crippen LogP contribution in [-0.2, 0) is 11.2 Å². The molecule has 9 heteroatoms. The molecule has 1 aliphatic heterocycles. The van der Waals surface area contributed by atoms with Crippen LogP contribution >= 0.6 is 0 Å². The second-order valence-corrected chi connectivity index (χ2v) is 11.5. The van der Waals surface area contributed by atoms with Gasteiger partial charge in [-0.25, -0.2) is 9.78 Å². The van der Waals surface area contributed by atoms with E-state index < -0.39 is 5.60 Å². The molecule has 1 amide bonds. The zero-order valence-electron chi connectivity index (χ0n) is 24.4. The highest BCUT2D eigenvalue weighted by Gasteiger charge is 2.25. The molecule has 0 aliphatic carbocycles. The Balaban J connectivity index is 1.21. The second-order valence-electron chi connectivity index (χ2n) is 11.5. The van der Waals surface area contributed by atoms with Crippen LogP contribution in [0.5, 0.6) is 0 Å². The maximum atomic E-state index is 12.3. The van der Waals surface area contributed by atoms with Gasteiger partial charge in [-0.1, -0.05) is 42.5 Å². The predicted molar refractivity (Wildman–Crippen MR) is 166 cm³/mol. The standard InChI is InChI=1S/C33H37N7O2/c1-33(2,3)42-32(41)40-17-15-39(16-18-40)14-13-35-30-20-28-29(23-37-30)36-22-26(21-34)31(28)38-27-11-9-25(10-12-27)19-24-7-5-4-6-8-24/h4-12,20,22-23H,13-19H2,1-3H3,(H,35,37)(H,36,38). The molecule has 0 saturated carbocycles. The van der Waals surface area contributed by atoms with Crippen molar-refractivity contribution in [3.63, 3.8) is 0 Å². The van der Waals surface area contributed by atoms with Gasteiger partial charge in [0.15, 0.2) is 0 Å². The smallest absolute Gasteiger partial charge is 0.410 e. The number of aromatic nitrogens is 2. The summed E-state index contributed by atoms with van der Waals surface area (Å²) in [4.78, 5) is 25.4. The number of amides is 1. The van der Waals surface area contributed by atoms with Crippen molar-refractivity contribution >= 4 is 34.2 Å². The van der Waals surface area contributed by atoms with Gasteiger partial charge in [-0.3, -0.25) is 9.88 Å². The molecule has 0 atom stereocenters. The number of pyridine rings is 2. The first kappa shape index (κ1) is 28.8. The number of nitriles is 1. The minimum Gasteiger partial charge on any atom is -0.444 e. The number of rotatable bonds is 8. The summed E-state index contributed by atoms with van der Waals surface area (Å²) in [7, 11) is 0. The van der Waals surface area contributed by atoms with Gasteiger partial charge in [0.1, 0.15) is 17.5 Å². The highest BCUT2D eigenvalue weighted by Crippen LogP contribution is 2.30. The van der Waals surface area contributed by atoms with Crippen LogP contribution in [0.1, 0.15) is 37.5 Å². The quantitative estimate of drug-likeness (QED) is 0.277. The first-order valence-electron chi connectivity index (χ1n) is 14.3. The fraction of sp³-hybridized carbons (Fsp3) is 0.333. The average Bonchev–Trinajstić information content (AvgIpc) is 2.98. The first-order valence-corrected chi connectivity index (χ1v) is 14.3. The number of hydrogen-bond acceptors (Lipinski definition) is 8. The van der Waals surface area contributed by atoms with E-state index in [1.54, 1.807) is 17.3 Å². The van der Waals surface area contributed by atoms with Crippen LogP contribution in [0.15, 0.2) is 73.1 Å². The monoisotopic (exact) mass is 563 g/mol. The van der Waals surface area contributed by atoms with Crippen LogP contribution in [-0.4, -0.2) is 70.7 Å². The Morgan fingerprint density at radius 3 is 2.38 bits per heavy atom. The number of ether oxygens (including phenoxy) is 1. The second kappa shape index (κ2) is 12.9. The van der Waals surface area contributed by atoms with Crippen molar-refractivity contribution in [2.45, 2.75) is 32.8 Å². The van der Waals surface area contributed by atoms with E-state index in [0.717, 1.165) is 37.1 Å². The minimum atomic E-state index is -0.489. The van der Waals surface area contributed by atoms with Crippen LogP contribution in [0.25, 0.3) is 10.9 Å². The van der Waals surface area contributed by atoms with Gasteiger partial charge < -0.3 is 20.3 Å². The normalized spacial score (nSPS) is 13.9. The molecule has 0 bridgehead atoms. The molecule has 0 spiro atoms. The number of anilines is 3. The molecule has 0 radical (unpaired) electrons. The lowest BCUT2D eigenvalue weighted by atomic mass is 10.0. The lowest BCUT2D eigenvalue weighted by Gasteiger charge is -2.35. The molecule has 0 unspecified atom stereocenters. The molecule has 2 aromatic heterocycles. The molecular formula is C33H37N7O2. The zero-order valence-corrected chi connectivity index (χ0v) is 24.4. The molecule has 1 fully saturated rings. The van der Waals surface area contributed by atoms with Crippen molar-refractivity contribution < 1.29 is 9.53 Å². The van der Waals surface area contributed by atoms with Gasteiger partial charge in [0.2, 0.25) is 0 Å². The van der Waals surface area contributed by atoms with Crippen molar-refractivity contribution in [2.24, 2.45) is 0 Å². The first-order chi connectivity index (χ1) is 20.3. The van der Waals surface area contributed by atoms with E-state index in [0.29, 0.717) is 42.2 Å². The summed E-state index contributed by atoms with van der Waals surface area (Å²) in [5.41, 5.74) is 4.78. The van der Waals surface area contributed by atoms with Gasteiger partial charge in [0.05, 0.1) is 23.0 Å².